The van der Waals surface area contributed by atoms with E-state index in [1.54, 1.807) is 30.3 Å². The lowest BCUT2D eigenvalue weighted by molar-refractivity contribution is -0.131. The highest BCUT2D eigenvalue weighted by atomic mass is 32.2. The van der Waals surface area contributed by atoms with Gasteiger partial charge in [-0.3, -0.25) is 4.72 Å². The second kappa shape index (κ2) is 6.78. The molecule has 0 atom stereocenters. The third-order valence-corrected chi connectivity index (χ3v) is 5.09. The van der Waals surface area contributed by atoms with E-state index in [-0.39, 0.29) is 4.90 Å². The van der Waals surface area contributed by atoms with Crippen molar-refractivity contribution in [3.8, 4) is 0 Å². The average molecular weight is 353 g/mol. The van der Waals surface area contributed by atoms with Gasteiger partial charge in [-0.15, -0.1) is 0 Å². The molecule has 0 aliphatic carbocycles. The van der Waals surface area contributed by atoms with E-state index in [1.165, 1.54) is 12.1 Å². The minimum Gasteiger partial charge on any atom is -0.478 e. The molecule has 0 fully saturated rings. The maximum atomic E-state index is 12.8. The minimum absolute atomic E-state index is 0.0143. The average Bonchev–Trinajstić information content (AvgIpc) is 2.60. The molecule has 0 amide bonds. The summed E-state index contributed by atoms with van der Waals surface area (Å²) in [6.45, 7) is 0. The van der Waals surface area contributed by atoms with Crippen LogP contribution >= 0.6 is 0 Å². The maximum Gasteiger partial charge on any atom is 0.328 e. The number of carboxylic acid groups (broad SMARTS) is 1. The zero-order valence-electron chi connectivity index (χ0n) is 13.1. The number of sulfonamides is 1. The number of anilines is 1. The van der Waals surface area contributed by atoms with E-state index < -0.39 is 16.0 Å². The molecule has 0 aromatic heterocycles. The molecule has 25 heavy (non-hydrogen) atoms. The van der Waals surface area contributed by atoms with Gasteiger partial charge in [0.1, 0.15) is 0 Å². The van der Waals surface area contributed by atoms with Crippen molar-refractivity contribution in [1.82, 2.24) is 0 Å². The molecule has 3 aromatic rings. The number of carboxylic acids is 1. The molecule has 0 saturated heterocycles. The molecule has 126 valence electrons. The van der Waals surface area contributed by atoms with Gasteiger partial charge in [-0.2, -0.15) is 0 Å². The molecule has 0 saturated carbocycles. The van der Waals surface area contributed by atoms with Gasteiger partial charge in [-0.05, 0) is 29.2 Å². The fourth-order valence-corrected chi connectivity index (χ4v) is 3.82. The summed E-state index contributed by atoms with van der Waals surface area (Å²) in [5, 5.41) is 10.5. The van der Waals surface area contributed by atoms with Crippen molar-refractivity contribution < 1.29 is 18.3 Å². The van der Waals surface area contributed by atoms with Crippen molar-refractivity contribution >= 4 is 38.5 Å². The van der Waals surface area contributed by atoms with Gasteiger partial charge in [0.25, 0.3) is 10.0 Å². The number of aliphatic carboxylic acids is 1. The first-order valence-electron chi connectivity index (χ1n) is 7.48. The molecule has 0 bridgehead atoms. The topological polar surface area (TPSA) is 83.5 Å². The predicted octanol–water partition coefficient (Wildman–Crippen LogP) is 3.74. The first-order valence-corrected chi connectivity index (χ1v) is 8.96. The molecule has 0 spiro atoms. The number of hydrogen-bond acceptors (Lipinski definition) is 3. The van der Waals surface area contributed by atoms with Crippen molar-refractivity contribution in [1.29, 1.82) is 0 Å². The van der Waals surface area contributed by atoms with E-state index in [2.05, 4.69) is 4.72 Å². The molecule has 2 N–H and O–H groups in total. The Hall–Kier alpha value is -3.12. The molecule has 0 radical (unpaired) electrons. The first-order chi connectivity index (χ1) is 12.0. The molecule has 5 nitrogen and oxygen atoms in total. The van der Waals surface area contributed by atoms with Crippen LogP contribution in [-0.4, -0.2) is 19.5 Å². The van der Waals surface area contributed by atoms with Crippen LogP contribution in [0.5, 0.6) is 0 Å². The SMILES string of the molecule is O=C(O)/C=C/c1ccccc1S(=O)(=O)Nc1cccc2ccccc12. The Bertz CT molecular complexity index is 1070. The molecule has 0 aliphatic heterocycles. The van der Waals surface area contributed by atoms with Crippen LogP contribution in [-0.2, 0) is 14.8 Å². The summed E-state index contributed by atoms with van der Waals surface area (Å²) in [7, 11) is -3.88. The second-order valence-corrected chi connectivity index (χ2v) is 6.99. The van der Waals surface area contributed by atoms with Crippen LogP contribution in [0.3, 0.4) is 0 Å². The minimum atomic E-state index is -3.88. The Kier molecular flexibility index (Phi) is 4.54. The van der Waals surface area contributed by atoms with Crippen LogP contribution in [0.15, 0.2) is 77.7 Å². The van der Waals surface area contributed by atoms with Crippen molar-refractivity contribution in [3.05, 3.63) is 78.4 Å². The van der Waals surface area contributed by atoms with Crippen molar-refractivity contribution in [2.75, 3.05) is 4.72 Å². The summed E-state index contributed by atoms with van der Waals surface area (Å²) in [5.74, 6) is -1.14. The summed E-state index contributed by atoms with van der Waals surface area (Å²) in [6.07, 6.45) is 2.17. The van der Waals surface area contributed by atoms with E-state index in [0.29, 0.717) is 11.3 Å². The van der Waals surface area contributed by atoms with Gasteiger partial charge < -0.3 is 5.11 Å². The van der Waals surface area contributed by atoms with Gasteiger partial charge in [-0.25, -0.2) is 13.2 Å². The summed E-state index contributed by atoms with van der Waals surface area (Å²) >= 11 is 0. The van der Waals surface area contributed by atoms with E-state index in [0.717, 1.165) is 16.8 Å². The lowest BCUT2D eigenvalue weighted by Crippen LogP contribution is -2.14. The van der Waals surface area contributed by atoms with Crippen LogP contribution in [0.25, 0.3) is 16.8 Å². The number of carbonyl (C=O) groups is 1. The standard InChI is InChI=1S/C19H15NO4S/c21-19(22)13-12-15-7-2-4-11-18(15)25(23,24)20-17-10-5-8-14-6-1-3-9-16(14)17/h1-13,20H,(H,21,22)/b13-12+. The number of rotatable bonds is 5. The third kappa shape index (κ3) is 3.70. The van der Waals surface area contributed by atoms with Crippen LogP contribution in [0.4, 0.5) is 5.69 Å². The third-order valence-electron chi connectivity index (χ3n) is 3.65. The number of nitrogens with one attached hydrogen (secondary N) is 1. The van der Waals surface area contributed by atoms with Gasteiger partial charge >= 0.3 is 5.97 Å². The zero-order chi connectivity index (χ0) is 17.9. The summed E-state index contributed by atoms with van der Waals surface area (Å²) in [4.78, 5) is 10.7. The Labute approximate surface area is 145 Å². The van der Waals surface area contributed by atoms with E-state index in [1.807, 2.05) is 30.3 Å². The smallest absolute Gasteiger partial charge is 0.328 e. The predicted molar refractivity (Wildman–Crippen MR) is 97.9 cm³/mol. The maximum absolute atomic E-state index is 12.8. The highest BCUT2D eigenvalue weighted by molar-refractivity contribution is 7.92. The van der Waals surface area contributed by atoms with Gasteiger partial charge in [0.2, 0.25) is 0 Å². The Morgan fingerprint density at radius 3 is 2.40 bits per heavy atom. The van der Waals surface area contributed by atoms with Gasteiger partial charge in [0.15, 0.2) is 0 Å². The fraction of sp³-hybridized carbons (Fsp3) is 0. The molecular weight excluding hydrogens is 338 g/mol. The lowest BCUT2D eigenvalue weighted by Gasteiger charge is -2.12. The van der Waals surface area contributed by atoms with Crippen LogP contribution < -0.4 is 4.72 Å². The molecule has 3 rings (SSSR count). The zero-order valence-corrected chi connectivity index (χ0v) is 13.9. The second-order valence-electron chi connectivity index (χ2n) is 5.34. The Morgan fingerprint density at radius 2 is 1.60 bits per heavy atom. The van der Waals surface area contributed by atoms with Crippen molar-refractivity contribution in [3.63, 3.8) is 0 Å². The van der Waals surface area contributed by atoms with Crippen molar-refractivity contribution in [2.45, 2.75) is 4.90 Å². The summed E-state index contributed by atoms with van der Waals surface area (Å²) in [5.41, 5.74) is 0.771. The molecule has 0 heterocycles. The van der Waals surface area contributed by atoms with E-state index >= 15 is 0 Å². The van der Waals surface area contributed by atoms with Crippen molar-refractivity contribution in [2.24, 2.45) is 0 Å². The molecule has 0 aliphatic rings. The van der Waals surface area contributed by atoms with Crippen LogP contribution in [0.2, 0.25) is 0 Å². The number of benzene rings is 3. The highest BCUT2D eigenvalue weighted by Gasteiger charge is 2.18. The summed E-state index contributed by atoms with van der Waals surface area (Å²) < 4.78 is 28.2. The monoisotopic (exact) mass is 353 g/mol. The molecule has 6 heteroatoms. The largest absolute Gasteiger partial charge is 0.478 e. The van der Waals surface area contributed by atoms with Gasteiger partial charge in [-0.1, -0.05) is 54.6 Å². The lowest BCUT2D eigenvalue weighted by atomic mass is 10.1. The molecule has 0 unspecified atom stereocenters. The van der Waals surface area contributed by atoms with Gasteiger partial charge in [0, 0.05) is 11.5 Å². The van der Waals surface area contributed by atoms with E-state index in [9.17, 15) is 13.2 Å². The first kappa shape index (κ1) is 16.7. The molecular formula is C19H15NO4S. The van der Waals surface area contributed by atoms with Crippen LogP contribution in [0.1, 0.15) is 5.56 Å². The highest BCUT2D eigenvalue weighted by Crippen LogP contribution is 2.27. The number of hydrogen-bond donors (Lipinski definition) is 2. The Balaban J connectivity index is 2.04. The fourth-order valence-electron chi connectivity index (χ4n) is 2.54. The van der Waals surface area contributed by atoms with Crippen LogP contribution in [0, 0.1) is 0 Å². The quantitative estimate of drug-likeness (QED) is 0.685. The molecule has 3 aromatic carbocycles. The number of fused-ring (bicyclic) bond motifs is 1. The normalized spacial score (nSPS) is 11.7. The van der Waals surface area contributed by atoms with E-state index in [4.69, 9.17) is 5.11 Å². The Morgan fingerprint density at radius 1 is 0.920 bits per heavy atom. The summed E-state index contributed by atoms with van der Waals surface area (Å²) in [6, 6.07) is 19.1. The van der Waals surface area contributed by atoms with Gasteiger partial charge in [0.05, 0.1) is 10.6 Å².